The lowest BCUT2D eigenvalue weighted by Gasteiger charge is -2.14. The van der Waals surface area contributed by atoms with Crippen molar-refractivity contribution in [3.05, 3.63) is 0 Å². The number of hydrogen-bond acceptors (Lipinski definition) is 7. The minimum Gasteiger partial charge on any atom is -0.452 e. The zero-order valence-electron chi connectivity index (χ0n) is 9.61. The molecule has 1 amide bonds. The van der Waals surface area contributed by atoms with Gasteiger partial charge in [0.2, 0.25) is 17.8 Å². The van der Waals surface area contributed by atoms with E-state index in [9.17, 15) is 4.79 Å². The topological polar surface area (TPSA) is 92.3 Å². The van der Waals surface area contributed by atoms with E-state index in [1.165, 1.54) is 19.1 Å². The van der Waals surface area contributed by atoms with E-state index >= 15 is 0 Å². The van der Waals surface area contributed by atoms with Crippen molar-refractivity contribution in [1.82, 2.24) is 15.0 Å². The molecule has 2 N–H and O–H groups in total. The van der Waals surface area contributed by atoms with E-state index in [4.69, 9.17) is 0 Å². The highest BCUT2D eigenvalue weighted by Gasteiger charge is 2.15. The van der Waals surface area contributed by atoms with Crippen molar-refractivity contribution >= 4 is 23.9 Å². The maximum Gasteiger partial charge on any atom is 0.416 e. The molecule has 0 saturated heterocycles. The summed E-state index contributed by atoms with van der Waals surface area (Å²) in [6.45, 7) is 0. The van der Waals surface area contributed by atoms with Crippen LogP contribution in [0.5, 0.6) is 0 Å². The van der Waals surface area contributed by atoms with Crippen LogP contribution in [0.15, 0.2) is 0 Å². The number of ether oxygens (including phenoxy) is 1. The number of carbonyl (C=O) groups excluding carboxylic acids is 1. The Hall–Kier alpha value is -2.12. The molecule has 88 valence electrons. The van der Waals surface area contributed by atoms with E-state index in [1.807, 2.05) is 0 Å². The molecule has 0 aliphatic heterocycles. The van der Waals surface area contributed by atoms with E-state index < -0.39 is 6.09 Å². The molecule has 1 rings (SSSR count). The molecule has 0 aromatic carbocycles. The standard InChI is InChI=1S/C8H14N6O2/c1-9-5-11-6(10-2)13-7(12-5)14(3)8(15)16-4/h1-4H3,(H2,9,10,11,12,13). The molecule has 8 nitrogen and oxygen atoms in total. The zero-order chi connectivity index (χ0) is 12.1. The molecule has 1 aromatic heterocycles. The third-order valence-electron chi connectivity index (χ3n) is 1.82. The SMILES string of the molecule is CNc1nc(NC)nc(N(C)C(=O)OC)n1. The van der Waals surface area contributed by atoms with Gasteiger partial charge in [0.1, 0.15) is 0 Å². The Morgan fingerprint density at radius 3 is 2.06 bits per heavy atom. The first-order chi connectivity index (χ1) is 7.62. The lowest BCUT2D eigenvalue weighted by atomic mass is 10.7. The maximum atomic E-state index is 11.3. The van der Waals surface area contributed by atoms with E-state index in [0.717, 1.165) is 0 Å². The molecule has 1 heterocycles. The van der Waals surface area contributed by atoms with Crippen LogP contribution in [0.3, 0.4) is 0 Å². The first-order valence-corrected chi connectivity index (χ1v) is 4.55. The summed E-state index contributed by atoms with van der Waals surface area (Å²) in [7, 11) is 6.16. The Bertz CT molecular complexity index is 361. The summed E-state index contributed by atoms with van der Waals surface area (Å²) in [5.74, 6) is 0.936. The van der Waals surface area contributed by atoms with Crippen LogP contribution >= 0.6 is 0 Å². The van der Waals surface area contributed by atoms with E-state index in [-0.39, 0.29) is 5.95 Å². The number of nitrogens with one attached hydrogen (secondary N) is 2. The lowest BCUT2D eigenvalue weighted by Crippen LogP contribution is -2.28. The monoisotopic (exact) mass is 226 g/mol. The average molecular weight is 226 g/mol. The Morgan fingerprint density at radius 1 is 1.19 bits per heavy atom. The van der Waals surface area contributed by atoms with E-state index in [1.54, 1.807) is 14.1 Å². The lowest BCUT2D eigenvalue weighted by molar-refractivity contribution is 0.180. The molecule has 0 aliphatic carbocycles. The zero-order valence-corrected chi connectivity index (χ0v) is 9.61. The van der Waals surface area contributed by atoms with Gasteiger partial charge in [0.15, 0.2) is 0 Å². The summed E-state index contributed by atoms with van der Waals surface area (Å²) < 4.78 is 4.56. The van der Waals surface area contributed by atoms with Crippen molar-refractivity contribution in [3.63, 3.8) is 0 Å². The van der Waals surface area contributed by atoms with Crippen molar-refractivity contribution < 1.29 is 9.53 Å². The van der Waals surface area contributed by atoms with Crippen LogP contribution < -0.4 is 15.5 Å². The fourth-order valence-corrected chi connectivity index (χ4v) is 0.957. The summed E-state index contributed by atoms with van der Waals surface area (Å²) in [6.07, 6.45) is -0.546. The third-order valence-corrected chi connectivity index (χ3v) is 1.82. The van der Waals surface area contributed by atoms with Gasteiger partial charge in [0, 0.05) is 21.1 Å². The minimum absolute atomic E-state index is 0.204. The van der Waals surface area contributed by atoms with Crippen LogP contribution in [0.4, 0.5) is 22.6 Å². The number of nitrogens with zero attached hydrogens (tertiary/aromatic N) is 4. The van der Waals surface area contributed by atoms with Gasteiger partial charge in [0.25, 0.3) is 0 Å². The first kappa shape index (κ1) is 12.0. The van der Waals surface area contributed by atoms with Gasteiger partial charge in [-0.2, -0.15) is 15.0 Å². The van der Waals surface area contributed by atoms with Gasteiger partial charge in [0.05, 0.1) is 7.11 Å². The predicted molar refractivity (Wildman–Crippen MR) is 59.7 cm³/mol. The van der Waals surface area contributed by atoms with E-state index in [2.05, 4.69) is 30.3 Å². The number of amides is 1. The molecule has 0 spiro atoms. The van der Waals surface area contributed by atoms with Gasteiger partial charge >= 0.3 is 6.09 Å². The largest absolute Gasteiger partial charge is 0.452 e. The summed E-state index contributed by atoms with van der Waals surface area (Å²) in [5, 5.41) is 5.55. The number of hydrogen-bond donors (Lipinski definition) is 2. The molecule has 0 fully saturated rings. The second-order valence-electron chi connectivity index (χ2n) is 2.81. The number of anilines is 3. The van der Waals surface area contributed by atoms with Crippen LogP contribution in [-0.2, 0) is 4.74 Å². The van der Waals surface area contributed by atoms with Crippen LogP contribution in [0, 0.1) is 0 Å². The predicted octanol–water partition coefficient (Wildman–Crippen LogP) is 0.158. The van der Waals surface area contributed by atoms with Gasteiger partial charge in [-0.05, 0) is 0 Å². The summed E-state index contributed by atoms with van der Waals surface area (Å²) in [4.78, 5) is 24.5. The molecular formula is C8H14N6O2. The second-order valence-corrected chi connectivity index (χ2v) is 2.81. The van der Waals surface area contributed by atoms with Gasteiger partial charge in [-0.25, -0.2) is 9.69 Å². The van der Waals surface area contributed by atoms with Crippen LogP contribution in [-0.4, -0.2) is 49.3 Å². The fraction of sp³-hybridized carbons (Fsp3) is 0.500. The summed E-state index contributed by atoms with van der Waals surface area (Å²) >= 11 is 0. The number of aromatic nitrogens is 3. The highest BCUT2D eigenvalue weighted by Crippen LogP contribution is 2.12. The normalized spacial score (nSPS) is 9.50. The Morgan fingerprint density at radius 2 is 1.69 bits per heavy atom. The van der Waals surface area contributed by atoms with Crippen molar-refractivity contribution in [1.29, 1.82) is 0 Å². The van der Waals surface area contributed by atoms with Crippen LogP contribution in [0.1, 0.15) is 0 Å². The van der Waals surface area contributed by atoms with Crippen molar-refractivity contribution in [2.24, 2.45) is 0 Å². The number of rotatable bonds is 3. The van der Waals surface area contributed by atoms with Crippen LogP contribution in [0.25, 0.3) is 0 Å². The van der Waals surface area contributed by atoms with Gasteiger partial charge in [-0.3, -0.25) is 0 Å². The molecule has 0 atom stereocenters. The number of carbonyl (C=O) groups is 1. The Kier molecular flexibility index (Phi) is 3.81. The summed E-state index contributed by atoms with van der Waals surface area (Å²) in [5.41, 5.74) is 0. The highest BCUT2D eigenvalue weighted by atomic mass is 16.5. The maximum absolute atomic E-state index is 11.3. The first-order valence-electron chi connectivity index (χ1n) is 4.55. The highest BCUT2D eigenvalue weighted by molar-refractivity contribution is 5.84. The Balaban J connectivity index is 3.07. The molecule has 0 bridgehead atoms. The molecule has 16 heavy (non-hydrogen) atoms. The Labute approximate surface area is 93.0 Å². The molecule has 8 heteroatoms. The molecule has 0 saturated carbocycles. The molecule has 0 unspecified atom stereocenters. The number of methoxy groups -OCH3 is 1. The molecule has 0 radical (unpaired) electrons. The summed E-state index contributed by atoms with van der Waals surface area (Å²) in [6, 6.07) is 0. The second kappa shape index (κ2) is 5.10. The van der Waals surface area contributed by atoms with Crippen molar-refractivity contribution in [2.45, 2.75) is 0 Å². The van der Waals surface area contributed by atoms with Gasteiger partial charge < -0.3 is 15.4 Å². The molecule has 0 aliphatic rings. The quantitative estimate of drug-likeness (QED) is 0.758. The molecular weight excluding hydrogens is 212 g/mol. The van der Waals surface area contributed by atoms with Crippen molar-refractivity contribution in [2.75, 3.05) is 43.8 Å². The van der Waals surface area contributed by atoms with Crippen LogP contribution in [0.2, 0.25) is 0 Å². The van der Waals surface area contributed by atoms with E-state index in [0.29, 0.717) is 11.9 Å². The third kappa shape index (κ3) is 2.47. The molecule has 1 aromatic rings. The van der Waals surface area contributed by atoms with Crippen molar-refractivity contribution in [3.8, 4) is 0 Å². The smallest absolute Gasteiger partial charge is 0.416 e. The van der Waals surface area contributed by atoms with Gasteiger partial charge in [-0.15, -0.1) is 0 Å². The van der Waals surface area contributed by atoms with Gasteiger partial charge in [-0.1, -0.05) is 0 Å². The fourth-order valence-electron chi connectivity index (χ4n) is 0.957. The minimum atomic E-state index is -0.546. The average Bonchev–Trinajstić information content (AvgIpc) is 2.35.